The smallest absolute Gasteiger partial charge is 0.446 e. The summed E-state index contributed by atoms with van der Waals surface area (Å²) in [7, 11) is 0. The maximum Gasteiger partial charge on any atom is 0.446 e. The zero-order chi connectivity index (χ0) is 14.6. The maximum atomic E-state index is 12.3. The van der Waals surface area contributed by atoms with Gasteiger partial charge in [-0.3, -0.25) is 0 Å². The summed E-state index contributed by atoms with van der Waals surface area (Å²) in [6, 6.07) is 3.97. The van der Waals surface area contributed by atoms with Gasteiger partial charge in [0.2, 0.25) is 0 Å². The summed E-state index contributed by atoms with van der Waals surface area (Å²) in [6.07, 6.45) is 0. The molecule has 0 fully saturated rings. The van der Waals surface area contributed by atoms with E-state index in [1.165, 1.54) is 13.0 Å². The van der Waals surface area contributed by atoms with Crippen molar-refractivity contribution in [2.75, 3.05) is 6.61 Å². The molecule has 0 aliphatic carbocycles. The molecule has 0 radical (unpaired) electrons. The first-order valence-corrected chi connectivity index (χ1v) is 6.07. The highest BCUT2D eigenvalue weighted by Crippen LogP contribution is 2.38. The van der Waals surface area contributed by atoms with Crippen molar-refractivity contribution in [3.05, 3.63) is 28.8 Å². The molecule has 0 saturated heterocycles. The second-order valence-corrected chi connectivity index (χ2v) is 4.68. The zero-order valence-electron chi connectivity index (χ0n) is 10.2. The van der Waals surface area contributed by atoms with Gasteiger partial charge in [-0.1, -0.05) is 0 Å². The van der Waals surface area contributed by atoms with Gasteiger partial charge in [-0.05, 0) is 43.3 Å². The molecule has 1 aromatic carbocycles. The van der Waals surface area contributed by atoms with Crippen LogP contribution in [0.2, 0.25) is 0 Å². The normalized spacial score (nSPS) is 10.9. The Hall–Kier alpha value is -1.68. The van der Waals surface area contributed by atoms with E-state index in [9.17, 15) is 18.0 Å². The number of esters is 1. The van der Waals surface area contributed by atoms with Gasteiger partial charge >= 0.3 is 11.5 Å². The number of aryl methyl sites for hydroxylation is 1. The molecule has 0 N–H and O–H groups in total. The quantitative estimate of drug-likeness (QED) is 0.629. The van der Waals surface area contributed by atoms with Crippen LogP contribution in [-0.4, -0.2) is 18.1 Å². The number of benzene rings is 1. The van der Waals surface area contributed by atoms with Crippen molar-refractivity contribution in [3.63, 3.8) is 0 Å². The average molecular weight is 289 g/mol. The number of hydrogen-bond acceptors (Lipinski definition) is 4. The first-order chi connectivity index (χ1) is 8.78. The van der Waals surface area contributed by atoms with E-state index in [0.29, 0.717) is 0 Å². The predicted molar refractivity (Wildman–Crippen MR) is 63.8 cm³/mol. The Morgan fingerprint density at radius 3 is 2.58 bits per heavy atom. The van der Waals surface area contributed by atoms with E-state index < -0.39 is 11.5 Å². The minimum absolute atomic E-state index is 0.0101. The maximum absolute atomic E-state index is 12.3. The molecule has 0 saturated carbocycles. The van der Waals surface area contributed by atoms with Crippen LogP contribution in [0.4, 0.5) is 13.2 Å². The summed E-state index contributed by atoms with van der Waals surface area (Å²) in [4.78, 5) is 11.5. The number of hydrogen-bond donors (Lipinski definition) is 0. The number of carbonyl (C=O) groups excluding carboxylic acids is 1. The zero-order valence-corrected chi connectivity index (χ0v) is 11.0. The molecule has 3 nitrogen and oxygen atoms in total. The molecule has 0 unspecified atom stereocenters. The third kappa shape index (κ3) is 4.17. The van der Waals surface area contributed by atoms with Crippen LogP contribution in [0, 0.1) is 18.3 Å². The Balaban J connectivity index is 3.23. The summed E-state index contributed by atoms with van der Waals surface area (Å²) in [5, 5.41) is 8.93. The molecule has 0 bridgehead atoms. The minimum atomic E-state index is -4.44. The molecular weight excluding hydrogens is 279 g/mol. The average Bonchev–Trinajstić information content (AvgIpc) is 2.25. The number of thioether (sulfide) groups is 1. The van der Waals surface area contributed by atoms with Crippen molar-refractivity contribution in [3.8, 4) is 6.07 Å². The lowest BCUT2D eigenvalue weighted by atomic mass is 10.0. The van der Waals surface area contributed by atoms with Crippen LogP contribution in [0.1, 0.15) is 28.4 Å². The van der Waals surface area contributed by atoms with Crippen LogP contribution in [0.3, 0.4) is 0 Å². The SMILES string of the molecule is CCOC(=O)c1c(C)cc(SC(F)(F)F)cc1C#N. The van der Waals surface area contributed by atoms with Gasteiger partial charge < -0.3 is 4.74 Å². The molecule has 7 heteroatoms. The number of rotatable bonds is 3. The van der Waals surface area contributed by atoms with Crippen LogP contribution < -0.4 is 0 Å². The van der Waals surface area contributed by atoms with E-state index in [1.807, 2.05) is 0 Å². The fraction of sp³-hybridized carbons (Fsp3) is 0.333. The topological polar surface area (TPSA) is 50.1 Å². The molecular formula is C12H10F3NO2S. The Morgan fingerprint density at radius 1 is 1.47 bits per heavy atom. The number of nitrogens with zero attached hydrogens (tertiary/aromatic N) is 1. The summed E-state index contributed by atoms with van der Waals surface area (Å²) >= 11 is -0.325. The molecule has 0 aromatic heterocycles. The van der Waals surface area contributed by atoms with E-state index in [-0.39, 0.29) is 40.0 Å². The van der Waals surface area contributed by atoms with Gasteiger partial charge in [0.15, 0.2) is 0 Å². The molecule has 0 aliphatic heterocycles. The largest absolute Gasteiger partial charge is 0.462 e. The monoisotopic (exact) mass is 289 g/mol. The highest BCUT2D eigenvalue weighted by molar-refractivity contribution is 8.00. The van der Waals surface area contributed by atoms with E-state index in [0.717, 1.165) is 6.07 Å². The summed E-state index contributed by atoms with van der Waals surface area (Å²) in [5.41, 5.74) is -4.27. The standard InChI is InChI=1S/C12H10F3NO2S/c1-3-18-11(17)10-7(2)4-9(5-8(10)6-16)19-12(13,14)15/h4-5H,3H2,1-2H3. The van der Waals surface area contributed by atoms with Gasteiger partial charge in [0.1, 0.15) is 6.07 Å². The highest BCUT2D eigenvalue weighted by atomic mass is 32.2. The fourth-order valence-corrected chi connectivity index (χ4v) is 2.19. The molecule has 1 rings (SSSR count). The molecule has 0 heterocycles. The van der Waals surface area contributed by atoms with Gasteiger partial charge in [0.05, 0.1) is 17.7 Å². The lowest BCUT2D eigenvalue weighted by Gasteiger charge is -2.11. The van der Waals surface area contributed by atoms with Gasteiger partial charge in [-0.25, -0.2) is 4.79 Å². The van der Waals surface area contributed by atoms with Gasteiger partial charge in [-0.2, -0.15) is 18.4 Å². The first-order valence-electron chi connectivity index (χ1n) is 5.26. The van der Waals surface area contributed by atoms with Crippen LogP contribution in [0.5, 0.6) is 0 Å². The number of halogens is 3. The second-order valence-electron chi connectivity index (χ2n) is 3.54. The Labute approximate surface area is 112 Å². The number of ether oxygens (including phenoxy) is 1. The van der Waals surface area contributed by atoms with Crippen LogP contribution in [-0.2, 0) is 4.74 Å². The second kappa shape index (κ2) is 5.97. The fourth-order valence-electron chi connectivity index (χ4n) is 1.51. The summed E-state index contributed by atoms with van der Waals surface area (Å²) in [6.45, 7) is 3.20. The van der Waals surface area contributed by atoms with Crippen LogP contribution >= 0.6 is 11.8 Å². The van der Waals surface area contributed by atoms with Crippen molar-refractivity contribution in [2.45, 2.75) is 24.3 Å². The molecule has 0 aliphatic rings. The number of alkyl halides is 3. The Kier molecular flexibility index (Phi) is 4.84. The third-order valence-electron chi connectivity index (χ3n) is 2.14. The third-order valence-corrected chi connectivity index (χ3v) is 2.85. The molecule has 1 aromatic rings. The highest BCUT2D eigenvalue weighted by Gasteiger charge is 2.30. The van der Waals surface area contributed by atoms with Gasteiger partial charge in [-0.15, -0.1) is 0 Å². The molecule has 19 heavy (non-hydrogen) atoms. The lowest BCUT2D eigenvalue weighted by Crippen LogP contribution is -2.10. The van der Waals surface area contributed by atoms with Gasteiger partial charge in [0, 0.05) is 4.90 Å². The summed E-state index contributed by atoms with van der Waals surface area (Å²) < 4.78 is 41.6. The molecule has 0 spiro atoms. The van der Waals surface area contributed by atoms with Crippen LogP contribution in [0.15, 0.2) is 17.0 Å². The lowest BCUT2D eigenvalue weighted by molar-refractivity contribution is -0.0328. The Morgan fingerprint density at radius 2 is 2.11 bits per heavy atom. The van der Waals surface area contributed by atoms with E-state index in [4.69, 9.17) is 10.00 Å². The minimum Gasteiger partial charge on any atom is -0.462 e. The van der Waals surface area contributed by atoms with Crippen molar-refractivity contribution >= 4 is 17.7 Å². The van der Waals surface area contributed by atoms with Crippen molar-refractivity contribution in [2.24, 2.45) is 0 Å². The van der Waals surface area contributed by atoms with E-state index in [1.54, 1.807) is 13.0 Å². The molecule has 102 valence electrons. The number of carbonyl (C=O) groups is 1. The summed E-state index contributed by atoms with van der Waals surface area (Å²) in [5.74, 6) is -0.708. The first kappa shape index (κ1) is 15.4. The number of nitriles is 1. The Bertz CT molecular complexity index is 535. The molecule has 0 amide bonds. The predicted octanol–water partition coefficient (Wildman–Crippen LogP) is 3.66. The van der Waals surface area contributed by atoms with E-state index >= 15 is 0 Å². The van der Waals surface area contributed by atoms with Crippen molar-refractivity contribution in [1.29, 1.82) is 5.26 Å². The van der Waals surface area contributed by atoms with Gasteiger partial charge in [0.25, 0.3) is 0 Å². The van der Waals surface area contributed by atoms with Crippen molar-refractivity contribution in [1.82, 2.24) is 0 Å². The molecule has 0 atom stereocenters. The van der Waals surface area contributed by atoms with Crippen molar-refractivity contribution < 1.29 is 22.7 Å². The van der Waals surface area contributed by atoms with Crippen LogP contribution in [0.25, 0.3) is 0 Å². The van der Waals surface area contributed by atoms with E-state index in [2.05, 4.69) is 0 Å².